The van der Waals surface area contributed by atoms with Crippen molar-refractivity contribution in [2.24, 2.45) is 0 Å². The molecule has 0 saturated heterocycles. The Hall–Kier alpha value is -2.87. The minimum atomic E-state index is -4.02. The molecule has 168 valence electrons. The quantitative estimate of drug-likeness (QED) is 0.511. The second-order valence-electron chi connectivity index (χ2n) is 7.35. The molecular formula is C24H25ClN2O4S. The average Bonchev–Trinajstić information content (AvgIpc) is 2.77. The summed E-state index contributed by atoms with van der Waals surface area (Å²) < 4.78 is 33.1. The predicted octanol–water partition coefficient (Wildman–Crippen LogP) is 4.80. The molecule has 3 rings (SSSR count). The van der Waals surface area contributed by atoms with E-state index in [1.165, 1.54) is 25.3 Å². The van der Waals surface area contributed by atoms with Crippen LogP contribution in [0.5, 0.6) is 5.75 Å². The second-order valence-corrected chi connectivity index (χ2v) is 9.70. The van der Waals surface area contributed by atoms with E-state index >= 15 is 0 Å². The van der Waals surface area contributed by atoms with E-state index in [-0.39, 0.29) is 23.0 Å². The van der Waals surface area contributed by atoms with Gasteiger partial charge in [-0.1, -0.05) is 54.1 Å². The normalized spacial score (nSPS) is 11.4. The first-order valence-corrected chi connectivity index (χ1v) is 11.8. The zero-order valence-electron chi connectivity index (χ0n) is 18.1. The van der Waals surface area contributed by atoms with Crippen LogP contribution >= 0.6 is 11.6 Å². The van der Waals surface area contributed by atoms with Crippen LogP contribution in [0, 0.1) is 13.8 Å². The van der Waals surface area contributed by atoms with Crippen LogP contribution in [0.15, 0.2) is 71.6 Å². The van der Waals surface area contributed by atoms with Gasteiger partial charge in [0, 0.05) is 12.2 Å². The monoisotopic (exact) mass is 472 g/mol. The SMILES string of the molecule is COc1ccc(S(=O)(=O)N(CC(=O)Nc2cccc(C)c2C)Cc2ccccc2)cc1Cl. The van der Waals surface area contributed by atoms with Gasteiger partial charge in [0.15, 0.2) is 0 Å². The Balaban J connectivity index is 1.91. The van der Waals surface area contributed by atoms with Crippen LogP contribution in [0.25, 0.3) is 0 Å². The van der Waals surface area contributed by atoms with Crippen molar-refractivity contribution in [2.45, 2.75) is 25.3 Å². The molecule has 3 aromatic carbocycles. The number of ether oxygens (including phenoxy) is 1. The van der Waals surface area contributed by atoms with Crippen LogP contribution in [0.4, 0.5) is 5.69 Å². The summed E-state index contributed by atoms with van der Waals surface area (Å²) in [5.41, 5.74) is 3.37. The molecule has 3 aromatic rings. The molecule has 0 heterocycles. The topological polar surface area (TPSA) is 75.7 Å². The number of hydrogen-bond acceptors (Lipinski definition) is 4. The third-order valence-electron chi connectivity index (χ3n) is 5.16. The average molecular weight is 473 g/mol. The van der Waals surface area contributed by atoms with Crippen molar-refractivity contribution >= 4 is 33.2 Å². The van der Waals surface area contributed by atoms with E-state index < -0.39 is 15.9 Å². The number of hydrogen-bond donors (Lipinski definition) is 1. The van der Waals surface area contributed by atoms with Gasteiger partial charge in [0.05, 0.1) is 23.6 Å². The van der Waals surface area contributed by atoms with Gasteiger partial charge in [0.2, 0.25) is 15.9 Å². The molecule has 0 fully saturated rings. The number of carbonyl (C=O) groups excluding carboxylic acids is 1. The van der Waals surface area contributed by atoms with Crippen molar-refractivity contribution in [3.8, 4) is 5.75 Å². The Labute approximate surface area is 193 Å². The largest absolute Gasteiger partial charge is 0.495 e. The number of nitrogens with one attached hydrogen (secondary N) is 1. The van der Waals surface area contributed by atoms with Gasteiger partial charge in [-0.2, -0.15) is 4.31 Å². The molecule has 6 nitrogen and oxygen atoms in total. The second kappa shape index (κ2) is 10.2. The van der Waals surface area contributed by atoms with Crippen molar-refractivity contribution in [3.05, 3.63) is 88.4 Å². The molecule has 0 aliphatic carbocycles. The van der Waals surface area contributed by atoms with E-state index in [0.29, 0.717) is 11.4 Å². The van der Waals surface area contributed by atoms with Gasteiger partial charge in [0.1, 0.15) is 5.75 Å². The van der Waals surface area contributed by atoms with E-state index in [0.717, 1.165) is 21.0 Å². The minimum absolute atomic E-state index is 0.0150. The summed E-state index contributed by atoms with van der Waals surface area (Å²) in [6.45, 7) is 3.54. The van der Waals surface area contributed by atoms with Gasteiger partial charge in [0.25, 0.3) is 0 Å². The number of rotatable bonds is 8. The van der Waals surface area contributed by atoms with Gasteiger partial charge in [-0.3, -0.25) is 4.79 Å². The van der Waals surface area contributed by atoms with E-state index in [9.17, 15) is 13.2 Å². The number of anilines is 1. The summed E-state index contributed by atoms with van der Waals surface area (Å²) in [5, 5.41) is 3.00. The lowest BCUT2D eigenvalue weighted by Crippen LogP contribution is -2.37. The van der Waals surface area contributed by atoms with Crippen LogP contribution in [-0.2, 0) is 21.4 Å². The first-order chi connectivity index (χ1) is 15.2. The molecule has 0 spiro atoms. The van der Waals surface area contributed by atoms with Crippen molar-refractivity contribution in [2.75, 3.05) is 19.0 Å². The number of methoxy groups -OCH3 is 1. The fourth-order valence-corrected chi connectivity index (χ4v) is 4.94. The highest BCUT2D eigenvalue weighted by Crippen LogP contribution is 2.29. The first-order valence-electron chi connectivity index (χ1n) is 9.96. The molecule has 0 aromatic heterocycles. The highest BCUT2D eigenvalue weighted by Gasteiger charge is 2.28. The summed E-state index contributed by atoms with van der Waals surface area (Å²) in [7, 11) is -2.57. The van der Waals surface area contributed by atoms with Crippen molar-refractivity contribution in [3.63, 3.8) is 0 Å². The minimum Gasteiger partial charge on any atom is -0.495 e. The van der Waals surface area contributed by atoms with E-state index in [1.807, 2.05) is 56.3 Å². The van der Waals surface area contributed by atoms with Crippen LogP contribution in [-0.4, -0.2) is 32.3 Å². The Kier molecular flexibility index (Phi) is 7.56. The molecule has 32 heavy (non-hydrogen) atoms. The molecule has 0 bridgehead atoms. The Morgan fingerprint density at radius 1 is 1.03 bits per heavy atom. The van der Waals surface area contributed by atoms with Gasteiger partial charge in [-0.15, -0.1) is 0 Å². The van der Waals surface area contributed by atoms with E-state index in [2.05, 4.69) is 5.32 Å². The lowest BCUT2D eigenvalue weighted by molar-refractivity contribution is -0.116. The van der Waals surface area contributed by atoms with E-state index in [4.69, 9.17) is 16.3 Å². The summed E-state index contributed by atoms with van der Waals surface area (Å²) in [6.07, 6.45) is 0. The third-order valence-corrected chi connectivity index (χ3v) is 7.24. The maximum atomic E-state index is 13.4. The van der Waals surface area contributed by atoms with Crippen LogP contribution < -0.4 is 10.1 Å². The molecule has 8 heteroatoms. The standard InChI is InChI=1S/C24H25ClN2O4S/c1-17-8-7-11-22(18(17)2)26-24(28)16-27(15-19-9-5-4-6-10-19)32(29,30)20-12-13-23(31-3)21(25)14-20/h4-14H,15-16H2,1-3H3,(H,26,28). The predicted molar refractivity (Wildman–Crippen MR) is 127 cm³/mol. The van der Waals surface area contributed by atoms with Crippen molar-refractivity contribution < 1.29 is 17.9 Å². The molecule has 0 saturated carbocycles. The van der Waals surface area contributed by atoms with Crippen molar-refractivity contribution in [1.82, 2.24) is 4.31 Å². The highest BCUT2D eigenvalue weighted by atomic mass is 35.5. The van der Waals surface area contributed by atoms with Crippen LogP contribution in [0.3, 0.4) is 0 Å². The van der Waals surface area contributed by atoms with Crippen LogP contribution in [0.2, 0.25) is 5.02 Å². The first kappa shape index (κ1) is 23.8. The maximum absolute atomic E-state index is 13.4. The van der Waals surface area contributed by atoms with Crippen molar-refractivity contribution in [1.29, 1.82) is 0 Å². The number of nitrogens with zero attached hydrogens (tertiary/aromatic N) is 1. The van der Waals surface area contributed by atoms with Crippen LogP contribution in [0.1, 0.15) is 16.7 Å². The number of carbonyl (C=O) groups is 1. The Morgan fingerprint density at radius 2 is 1.75 bits per heavy atom. The van der Waals surface area contributed by atoms with Gasteiger partial charge >= 0.3 is 0 Å². The van der Waals surface area contributed by atoms with Gasteiger partial charge in [-0.25, -0.2) is 8.42 Å². The number of benzene rings is 3. The molecule has 0 aliphatic heterocycles. The number of sulfonamides is 1. The zero-order chi connectivity index (χ0) is 23.3. The maximum Gasteiger partial charge on any atom is 0.243 e. The molecule has 0 aliphatic rings. The van der Waals surface area contributed by atoms with Gasteiger partial charge in [-0.05, 0) is 54.8 Å². The summed E-state index contributed by atoms with van der Waals surface area (Å²) in [5.74, 6) is -0.0642. The fraction of sp³-hybridized carbons (Fsp3) is 0.208. The molecule has 0 atom stereocenters. The zero-order valence-corrected chi connectivity index (χ0v) is 19.7. The number of aryl methyl sites for hydroxylation is 1. The summed E-state index contributed by atoms with van der Waals surface area (Å²) in [4.78, 5) is 12.8. The summed E-state index contributed by atoms with van der Waals surface area (Å²) >= 11 is 6.16. The molecule has 1 amide bonds. The Bertz CT molecular complexity index is 1210. The smallest absolute Gasteiger partial charge is 0.243 e. The van der Waals surface area contributed by atoms with E-state index in [1.54, 1.807) is 6.07 Å². The third kappa shape index (κ3) is 5.48. The number of amides is 1. The summed E-state index contributed by atoms with van der Waals surface area (Å²) in [6, 6.07) is 18.9. The molecular weight excluding hydrogens is 448 g/mol. The Morgan fingerprint density at radius 3 is 2.41 bits per heavy atom. The highest BCUT2D eigenvalue weighted by molar-refractivity contribution is 7.89. The molecule has 0 radical (unpaired) electrons. The molecule has 1 N–H and O–H groups in total. The number of halogens is 1. The molecule has 0 unspecified atom stereocenters. The lowest BCUT2D eigenvalue weighted by Gasteiger charge is -2.22. The lowest BCUT2D eigenvalue weighted by atomic mass is 10.1. The fourth-order valence-electron chi connectivity index (χ4n) is 3.21. The van der Waals surface area contributed by atoms with Gasteiger partial charge < -0.3 is 10.1 Å².